The summed E-state index contributed by atoms with van der Waals surface area (Å²) >= 11 is 0. The summed E-state index contributed by atoms with van der Waals surface area (Å²) in [6, 6.07) is 6.47. The molecular formula is C50H64Cl2FN11O5. The number of nitrogens with zero attached hydrogens (tertiary/aromatic N) is 9. The summed E-state index contributed by atoms with van der Waals surface area (Å²) in [6.07, 6.45) is 13.7. The number of aryl methyl sites for hydroxylation is 1. The minimum Gasteiger partial charge on any atom is -0.369 e. The van der Waals surface area contributed by atoms with Gasteiger partial charge in [0.05, 0.1) is 23.1 Å². The van der Waals surface area contributed by atoms with Crippen LogP contribution >= 0.6 is 24.8 Å². The number of amides is 3. The van der Waals surface area contributed by atoms with Crippen LogP contribution in [0.15, 0.2) is 41.5 Å². The van der Waals surface area contributed by atoms with Gasteiger partial charge in [-0.15, -0.1) is 24.8 Å². The molecule has 1 aromatic carbocycles. The molecule has 3 amide bonds. The Bertz CT molecular complexity index is 2620. The Balaban J connectivity index is 0.00000321. The average Bonchev–Trinajstić information content (AvgIpc) is 3.97. The number of likely N-dealkylation sites (tertiary alicyclic amines) is 1. The molecule has 10 rings (SSSR count). The van der Waals surface area contributed by atoms with E-state index in [1.165, 1.54) is 37.2 Å². The highest BCUT2D eigenvalue weighted by atomic mass is 35.5. The lowest BCUT2D eigenvalue weighted by Crippen LogP contribution is -2.52. The lowest BCUT2D eigenvalue weighted by molar-refractivity contribution is -0.136. The van der Waals surface area contributed by atoms with Gasteiger partial charge in [-0.25, -0.2) is 14.4 Å². The van der Waals surface area contributed by atoms with Crippen LogP contribution in [0, 0.1) is 24.6 Å². The number of anilines is 4. The third kappa shape index (κ3) is 10.5. The smallest absolute Gasteiger partial charge is 0.263 e. The number of fused-ring (bicyclic) bond motifs is 2. The highest BCUT2D eigenvalue weighted by molar-refractivity contribution is 6.05. The van der Waals surface area contributed by atoms with E-state index in [9.17, 15) is 24.0 Å². The first-order valence-electron chi connectivity index (χ1n) is 24.5. The number of nitrogens with one attached hydrogen (secondary N) is 2. The van der Waals surface area contributed by atoms with Crippen molar-refractivity contribution in [1.29, 1.82) is 0 Å². The van der Waals surface area contributed by atoms with Crippen LogP contribution in [0.2, 0.25) is 0 Å². The molecule has 69 heavy (non-hydrogen) atoms. The van der Waals surface area contributed by atoms with Crippen molar-refractivity contribution in [3.63, 3.8) is 0 Å². The zero-order valence-corrected chi connectivity index (χ0v) is 41.2. The van der Waals surface area contributed by atoms with E-state index in [4.69, 9.17) is 9.97 Å². The van der Waals surface area contributed by atoms with Crippen LogP contribution in [0.5, 0.6) is 0 Å². The molecule has 1 saturated carbocycles. The summed E-state index contributed by atoms with van der Waals surface area (Å²) in [7, 11) is 0. The Kier molecular flexibility index (Phi) is 15.6. The molecule has 19 heteroatoms. The molecule has 1 aliphatic carbocycles. The minimum atomic E-state index is -0.711. The number of carbonyl (C=O) groups excluding carboxylic acids is 4. The molecule has 5 aliphatic heterocycles. The Morgan fingerprint density at radius 1 is 0.812 bits per heavy atom. The van der Waals surface area contributed by atoms with Crippen molar-refractivity contribution in [2.45, 2.75) is 103 Å². The Morgan fingerprint density at radius 2 is 1.49 bits per heavy atom. The summed E-state index contributed by atoms with van der Waals surface area (Å²) < 4.78 is 17.2. The zero-order valence-electron chi connectivity index (χ0n) is 39.6. The number of halogens is 3. The normalized spacial score (nSPS) is 21.1. The molecule has 1 atom stereocenters. The number of pyridine rings is 2. The fourth-order valence-corrected chi connectivity index (χ4v) is 11.7. The molecule has 4 saturated heterocycles. The number of ketones is 1. The van der Waals surface area contributed by atoms with Crippen molar-refractivity contribution in [3.05, 3.63) is 75.1 Å². The van der Waals surface area contributed by atoms with Crippen molar-refractivity contribution in [3.8, 4) is 0 Å². The number of rotatable bonds is 12. The van der Waals surface area contributed by atoms with Gasteiger partial charge in [0.25, 0.3) is 11.5 Å². The summed E-state index contributed by atoms with van der Waals surface area (Å²) in [4.78, 5) is 88.6. The van der Waals surface area contributed by atoms with Crippen LogP contribution < -0.4 is 26.0 Å². The SMILES string of the molecule is CC(=O)c1c(C)c2cnc(Nc3ccc(N4CCN(CCN5CCC(CC6CCN(c7cc8c(cc7F)C(=O)N(C7CCC(=O)NC7=O)C8)CC6)CC5)CC4)cn3)nc2n(C2CCCC2)c1=O.Cl.Cl. The van der Waals surface area contributed by atoms with Crippen LogP contribution in [0.1, 0.15) is 115 Å². The van der Waals surface area contributed by atoms with E-state index in [2.05, 4.69) is 41.3 Å². The fourth-order valence-electron chi connectivity index (χ4n) is 11.7. The van der Waals surface area contributed by atoms with E-state index in [1.54, 1.807) is 23.8 Å². The van der Waals surface area contributed by atoms with Gasteiger partial charge in [-0.2, -0.15) is 4.98 Å². The number of Topliss-reactive ketones (excluding diaryl/α,β-unsaturated/α-hetero) is 1. The molecule has 0 bridgehead atoms. The van der Waals surface area contributed by atoms with Crippen molar-refractivity contribution in [2.24, 2.45) is 11.8 Å². The number of piperidine rings is 3. The standard InChI is InChI=1S/C50H62FN11O5.2ClH/c1-31-39-29-53-50(56-46(39)62(36-5-3-4-6-36)49(67)45(31)32(2)63)54-43-9-7-37(28-52-43)59-23-21-58(22-24-59)20-19-57-15-11-33(12-16-57)25-34-13-17-60(18-14-34)42-26-35-30-61(48(66)38(35)27-40(42)51)41-8-10-44(64)55-47(41)65;;/h7,9,26-29,33-34,36,41H,3-6,8,10-25,30H2,1-2H3,(H,55,64,65)(H,52,53,54,56);2*1H. The van der Waals surface area contributed by atoms with Crippen LogP contribution in [0.3, 0.4) is 0 Å². The Morgan fingerprint density at radius 3 is 2.14 bits per heavy atom. The maximum atomic E-state index is 15.5. The topological polar surface area (TPSA) is 169 Å². The van der Waals surface area contributed by atoms with Gasteiger partial charge in [0.2, 0.25) is 17.8 Å². The predicted octanol–water partition coefficient (Wildman–Crippen LogP) is 6.44. The van der Waals surface area contributed by atoms with Crippen molar-refractivity contribution in [1.82, 2.24) is 39.5 Å². The van der Waals surface area contributed by atoms with E-state index >= 15 is 4.39 Å². The number of hydrogen-bond acceptors (Lipinski definition) is 13. The van der Waals surface area contributed by atoms with Gasteiger partial charge >= 0.3 is 0 Å². The lowest BCUT2D eigenvalue weighted by atomic mass is 9.82. The van der Waals surface area contributed by atoms with Gasteiger partial charge in [0, 0.05) is 88.5 Å². The third-order valence-electron chi connectivity index (χ3n) is 15.6. The van der Waals surface area contributed by atoms with Crippen LogP contribution in [0.4, 0.5) is 27.5 Å². The van der Waals surface area contributed by atoms with Crippen LogP contribution in [0.25, 0.3) is 11.0 Å². The first-order chi connectivity index (χ1) is 32.5. The molecular weight excluding hydrogens is 925 g/mol. The van der Waals surface area contributed by atoms with E-state index in [0.29, 0.717) is 40.1 Å². The Labute approximate surface area is 414 Å². The molecule has 16 nitrogen and oxygen atoms in total. The van der Waals surface area contributed by atoms with Gasteiger partial charge in [0.15, 0.2) is 5.78 Å². The number of aromatic nitrogens is 4. The van der Waals surface area contributed by atoms with Gasteiger partial charge < -0.3 is 24.9 Å². The highest BCUT2D eigenvalue weighted by Crippen LogP contribution is 2.37. The number of piperazine rings is 1. The molecule has 6 aliphatic rings. The second-order valence-electron chi connectivity index (χ2n) is 19.8. The van der Waals surface area contributed by atoms with Gasteiger partial charge in [0.1, 0.15) is 23.3 Å². The number of benzene rings is 1. The first-order valence-corrected chi connectivity index (χ1v) is 24.5. The first kappa shape index (κ1) is 50.2. The molecule has 4 aromatic rings. The van der Waals surface area contributed by atoms with E-state index in [1.807, 2.05) is 12.3 Å². The average molecular weight is 989 g/mol. The third-order valence-corrected chi connectivity index (χ3v) is 15.6. The van der Waals surface area contributed by atoms with Crippen molar-refractivity contribution >= 4 is 82.5 Å². The molecule has 370 valence electrons. The predicted molar refractivity (Wildman–Crippen MR) is 268 cm³/mol. The van der Waals surface area contributed by atoms with Gasteiger partial charge in [-0.1, -0.05) is 12.8 Å². The molecule has 0 spiro atoms. The summed E-state index contributed by atoms with van der Waals surface area (Å²) in [5, 5.41) is 6.29. The molecule has 5 fully saturated rings. The molecule has 8 heterocycles. The summed E-state index contributed by atoms with van der Waals surface area (Å²) in [6.45, 7) is 13.4. The van der Waals surface area contributed by atoms with E-state index in [0.717, 1.165) is 127 Å². The van der Waals surface area contributed by atoms with Gasteiger partial charge in [-0.05, 0) is 126 Å². The molecule has 1 unspecified atom stereocenters. The maximum absolute atomic E-state index is 15.5. The zero-order chi connectivity index (χ0) is 46.3. The lowest BCUT2D eigenvalue weighted by Gasteiger charge is -2.39. The van der Waals surface area contributed by atoms with Crippen LogP contribution in [-0.4, -0.2) is 129 Å². The maximum Gasteiger partial charge on any atom is 0.263 e. The molecule has 2 N–H and O–H groups in total. The van der Waals surface area contributed by atoms with Gasteiger partial charge in [-0.3, -0.25) is 38.8 Å². The molecule has 3 aromatic heterocycles. The second-order valence-corrected chi connectivity index (χ2v) is 19.8. The van der Waals surface area contributed by atoms with Crippen LogP contribution in [-0.2, 0) is 16.1 Å². The summed E-state index contributed by atoms with van der Waals surface area (Å²) in [5.74, 6) is 0.565. The Hall–Kier alpha value is -5.23. The van der Waals surface area contributed by atoms with E-state index < -0.39 is 17.8 Å². The quantitative estimate of drug-likeness (QED) is 0.118. The highest BCUT2D eigenvalue weighted by Gasteiger charge is 2.40. The monoisotopic (exact) mass is 987 g/mol. The summed E-state index contributed by atoms with van der Waals surface area (Å²) in [5.41, 5.74) is 3.80. The fraction of sp³-hybridized carbons (Fsp3) is 0.560. The minimum absolute atomic E-state index is 0. The van der Waals surface area contributed by atoms with Crippen molar-refractivity contribution in [2.75, 3.05) is 80.6 Å². The number of carbonyl (C=O) groups is 4. The second kappa shape index (κ2) is 21.4. The largest absolute Gasteiger partial charge is 0.369 e. The van der Waals surface area contributed by atoms with E-state index in [-0.39, 0.29) is 79.0 Å². The number of hydrogen-bond donors (Lipinski definition) is 2. The van der Waals surface area contributed by atoms with Crippen molar-refractivity contribution < 1.29 is 23.6 Å². The number of imide groups is 1. The molecule has 0 radical (unpaired) electrons.